The summed E-state index contributed by atoms with van der Waals surface area (Å²) in [6, 6.07) is 7.77. The first-order chi connectivity index (χ1) is 10.0. The van der Waals surface area contributed by atoms with E-state index >= 15 is 0 Å². The van der Waals surface area contributed by atoms with Crippen molar-refractivity contribution in [1.29, 1.82) is 0 Å². The van der Waals surface area contributed by atoms with Crippen molar-refractivity contribution in [3.05, 3.63) is 63.2 Å². The van der Waals surface area contributed by atoms with Gasteiger partial charge in [0, 0.05) is 34.7 Å². The topological polar surface area (TPSA) is 27.8 Å². The fraction of sp³-hybridized carbons (Fsp3) is 0.0667. The monoisotopic (exact) mass is 370 g/mol. The Morgan fingerprint density at radius 3 is 2.76 bits per heavy atom. The zero-order valence-corrected chi connectivity index (χ0v) is 13.0. The number of H-pyrrole nitrogens is 1. The third kappa shape index (κ3) is 2.89. The van der Waals surface area contributed by atoms with Crippen LogP contribution in [0.3, 0.4) is 0 Å². The van der Waals surface area contributed by atoms with E-state index in [1.54, 1.807) is 6.07 Å². The van der Waals surface area contributed by atoms with Crippen LogP contribution in [-0.2, 0) is 6.54 Å². The number of hydrogen-bond acceptors (Lipinski definition) is 1. The van der Waals surface area contributed by atoms with Crippen LogP contribution in [0.4, 0.5) is 14.5 Å². The van der Waals surface area contributed by atoms with Gasteiger partial charge < -0.3 is 10.3 Å². The SMILES string of the molecule is Fc1cc(F)c(NCc2c[nH]c3cc(Cl)ccc23)cc1Br. The zero-order valence-electron chi connectivity index (χ0n) is 10.7. The lowest BCUT2D eigenvalue weighted by Crippen LogP contribution is -2.01. The maximum absolute atomic E-state index is 13.7. The summed E-state index contributed by atoms with van der Waals surface area (Å²) in [5.41, 5.74) is 2.13. The molecule has 0 atom stereocenters. The standard InChI is InChI=1S/C15H10BrClF2N2/c16-11-4-15(13(19)5-12(11)18)21-7-8-6-20-14-3-9(17)1-2-10(8)14/h1-6,20-21H,7H2. The van der Waals surface area contributed by atoms with Crippen molar-refractivity contribution in [2.45, 2.75) is 6.54 Å². The number of nitrogens with one attached hydrogen (secondary N) is 2. The predicted molar refractivity (Wildman–Crippen MR) is 84.7 cm³/mol. The van der Waals surface area contributed by atoms with Gasteiger partial charge in [-0.3, -0.25) is 0 Å². The Morgan fingerprint density at radius 2 is 1.95 bits per heavy atom. The molecule has 3 rings (SSSR count). The van der Waals surface area contributed by atoms with E-state index in [9.17, 15) is 8.78 Å². The first kappa shape index (κ1) is 14.4. The second-order valence-corrected chi connectivity index (χ2v) is 5.89. The molecular weight excluding hydrogens is 362 g/mol. The maximum Gasteiger partial charge on any atom is 0.149 e. The lowest BCUT2D eigenvalue weighted by Gasteiger charge is -2.08. The highest BCUT2D eigenvalue weighted by Crippen LogP contribution is 2.26. The van der Waals surface area contributed by atoms with Gasteiger partial charge in [-0.2, -0.15) is 0 Å². The van der Waals surface area contributed by atoms with Crippen LogP contribution in [-0.4, -0.2) is 4.98 Å². The highest BCUT2D eigenvalue weighted by Gasteiger charge is 2.09. The number of benzene rings is 2. The molecule has 0 aliphatic heterocycles. The van der Waals surface area contributed by atoms with Gasteiger partial charge in [0.15, 0.2) is 0 Å². The van der Waals surface area contributed by atoms with Crippen molar-refractivity contribution in [3.63, 3.8) is 0 Å². The lowest BCUT2D eigenvalue weighted by atomic mass is 10.1. The van der Waals surface area contributed by atoms with Crippen molar-refractivity contribution in [2.75, 3.05) is 5.32 Å². The largest absolute Gasteiger partial charge is 0.378 e. The Labute approximate surface area is 133 Å². The van der Waals surface area contributed by atoms with Gasteiger partial charge in [-0.05, 0) is 39.7 Å². The van der Waals surface area contributed by atoms with Crippen molar-refractivity contribution in [3.8, 4) is 0 Å². The molecule has 0 saturated carbocycles. The first-order valence-corrected chi connectivity index (χ1v) is 7.35. The number of hydrogen-bond donors (Lipinski definition) is 2. The molecule has 2 nitrogen and oxygen atoms in total. The quantitative estimate of drug-likeness (QED) is 0.587. The van der Waals surface area contributed by atoms with E-state index in [2.05, 4.69) is 26.2 Å². The van der Waals surface area contributed by atoms with E-state index in [4.69, 9.17) is 11.6 Å². The summed E-state index contributed by atoms with van der Waals surface area (Å²) >= 11 is 8.97. The molecule has 1 aromatic heterocycles. The summed E-state index contributed by atoms with van der Waals surface area (Å²) in [5.74, 6) is -1.25. The highest BCUT2D eigenvalue weighted by molar-refractivity contribution is 9.10. The van der Waals surface area contributed by atoms with Gasteiger partial charge in [0.05, 0.1) is 10.2 Å². The number of aromatic amines is 1. The third-order valence-corrected chi connectivity index (χ3v) is 4.05. The number of anilines is 1. The van der Waals surface area contributed by atoms with Crippen molar-refractivity contribution >= 4 is 44.1 Å². The van der Waals surface area contributed by atoms with Crippen molar-refractivity contribution in [2.24, 2.45) is 0 Å². The van der Waals surface area contributed by atoms with E-state index in [0.29, 0.717) is 11.6 Å². The second-order valence-electron chi connectivity index (χ2n) is 4.60. The second kappa shape index (κ2) is 5.66. The molecule has 0 radical (unpaired) electrons. The molecule has 0 aliphatic carbocycles. The summed E-state index contributed by atoms with van der Waals surface area (Å²) < 4.78 is 27.1. The van der Waals surface area contributed by atoms with E-state index in [1.807, 2.05) is 18.3 Å². The van der Waals surface area contributed by atoms with Gasteiger partial charge in [0.25, 0.3) is 0 Å². The molecule has 0 unspecified atom stereocenters. The molecule has 0 saturated heterocycles. The molecule has 108 valence electrons. The first-order valence-electron chi connectivity index (χ1n) is 6.18. The smallest absolute Gasteiger partial charge is 0.149 e. The lowest BCUT2D eigenvalue weighted by molar-refractivity contribution is 0.580. The average molecular weight is 372 g/mol. The molecule has 0 spiro atoms. The van der Waals surface area contributed by atoms with E-state index in [0.717, 1.165) is 22.5 Å². The summed E-state index contributed by atoms with van der Waals surface area (Å²) in [6.45, 7) is 0.413. The number of halogens is 4. The Balaban J connectivity index is 1.85. The van der Waals surface area contributed by atoms with Gasteiger partial charge in [-0.15, -0.1) is 0 Å². The van der Waals surface area contributed by atoms with Crippen LogP contribution >= 0.6 is 27.5 Å². The van der Waals surface area contributed by atoms with Crippen LogP contribution in [0, 0.1) is 11.6 Å². The molecule has 21 heavy (non-hydrogen) atoms. The fourth-order valence-corrected chi connectivity index (χ4v) is 2.67. The summed E-state index contributed by atoms with van der Waals surface area (Å²) in [5, 5.41) is 4.62. The predicted octanol–water partition coefficient (Wildman–Crippen LogP) is 5.47. The Bertz CT molecular complexity index is 817. The van der Waals surface area contributed by atoms with Gasteiger partial charge in [0.2, 0.25) is 0 Å². The maximum atomic E-state index is 13.7. The number of rotatable bonds is 3. The van der Waals surface area contributed by atoms with Crippen LogP contribution in [0.25, 0.3) is 10.9 Å². The van der Waals surface area contributed by atoms with E-state index in [1.165, 1.54) is 6.07 Å². The summed E-state index contributed by atoms with van der Waals surface area (Å²) in [6.07, 6.45) is 1.84. The molecule has 0 bridgehead atoms. The molecule has 3 aromatic rings. The molecule has 0 fully saturated rings. The Hall–Kier alpha value is -1.59. The summed E-state index contributed by atoms with van der Waals surface area (Å²) in [4.78, 5) is 3.11. The number of fused-ring (bicyclic) bond motifs is 1. The Morgan fingerprint density at radius 1 is 1.14 bits per heavy atom. The van der Waals surface area contributed by atoms with Gasteiger partial charge in [0.1, 0.15) is 11.6 Å². The molecule has 1 heterocycles. The van der Waals surface area contributed by atoms with E-state index < -0.39 is 11.6 Å². The minimum Gasteiger partial charge on any atom is -0.378 e. The number of aromatic nitrogens is 1. The fourth-order valence-electron chi connectivity index (χ4n) is 2.15. The third-order valence-electron chi connectivity index (χ3n) is 3.21. The van der Waals surface area contributed by atoms with E-state index in [-0.39, 0.29) is 10.2 Å². The zero-order chi connectivity index (χ0) is 15.0. The summed E-state index contributed by atoms with van der Waals surface area (Å²) in [7, 11) is 0. The van der Waals surface area contributed by atoms with Gasteiger partial charge in [-0.25, -0.2) is 8.78 Å². The van der Waals surface area contributed by atoms with Crippen molar-refractivity contribution in [1.82, 2.24) is 4.98 Å². The Kier molecular flexibility index (Phi) is 3.87. The van der Waals surface area contributed by atoms with Crippen molar-refractivity contribution < 1.29 is 8.78 Å². The minimum absolute atomic E-state index is 0.220. The average Bonchev–Trinajstić information content (AvgIpc) is 2.83. The normalized spacial score (nSPS) is 11.0. The molecule has 0 aliphatic rings. The molecule has 2 aromatic carbocycles. The molecule has 2 N–H and O–H groups in total. The van der Waals surface area contributed by atoms with Crippen LogP contribution in [0.1, 0.15) is 5.56 Å². The van der Waals surface area contributed by atoms with Gasteiger partial charge in [-0.1, -0.05) is 17.7 Å². The van der Waals surface area contributed by atoms with Crippen LogP contribution in [0.2, 0.25) is 5.02 Å². The molecule has 0 amide bonds. The highest BCUT2D eigenvalue weighted by atomic mass is 79.9. The minimum atomic E-state index is -0.626. The van der Waals surface area contributed by atoms with Crippen LogP contribution < -0.4 is 5.32 Å². The van der Waals surface area contributed by atoms with Crippen LogP contribution in [0.15, 0.2) is 41.0 Å². The van der Waals surface area contributed by atoms with Gasteiger partial charge >= 0.3 is 0 Å². The molecular formula is C15H10BrClF2N2. The molecule has 6 heteroatoms. The van der Waals surface area contributed by atoms with Crippen LogP contribution in [0.5, 0.6) is 0 Å².